The highest BCUT2D eigenvalue weighted by Crippen LogP contribution is 2.28. The quantitative estimate of drug-likeness (QED) is 0.775. The molecule has 0 atom stereocenters. The second-order valence-electron chi connectivity index (χ2n) is 2.58. The van der Waals surface area contributed by atoms with Gasteiger partial charge in [0, 0.05) is 17.6 Å². The molecule has 14 heavy (non-hydrogen) atoms. The van der Waals surface area contributed by atoms with Crippen molar-refractivity contribution in [1.82, 2.24) is 4.98 Å². The summed E-state index contributed by atoms with van der Waals surface area (Å²) >= 11 is 1.35. The van der Waals surface area contributed by atoms with Gasteiger partial charge < -0.3 is 10.5 Å². The van der Waals surface area contributed by atoms with Crippen LogP contribution in [-0.2, 0) is 0 Å². The Labute approximate surface area is 84.0 Å². The number of halogens is 1. The minimum atomic E-state index is -0.381. The predicted molar refractivity (Wildman–Crippen MR) is 53.0 cm³/mol. The Hall–Kier alpha value is -1.62. The van der Waals surface area contributed by atoms with E-state index in [2.05, 4.69) is 4.98 Å². The second-order valence-corrected chi connectivity index (χ2v) is 3.44. The number of thiazole rings is 1. The van der Waals surface area contributed by atoms with E-state index in [0.29, 0.717) is 10.9 Å². The third-order valence-electron chi connectivity index (χ3n) is 1.58. The molecule has 2 aromatic rings. The van der Waals surface area contributed by atoms with E-state index < -0.39 is 0 Å². The van der Waals surface area contributed by atoms with Crippen molar-refractivity contribution in [1.29, 1.82) is 0 Å². The van der Waals surface area contributed by atoms with Gasteiger partial charge in [-0.2, -0.15) is 0 Å². The highest BCUT2D eigenvalue weighted by molar-refractivity contribution is 7.11. The first-order chi connectivity index (χ1) is 6.75. The maximum absolute atomic E-state index is 12.7. The predicted octanol–water partition coefficient (Wildman–Crippen LogP) is 2.66. The molecule has 2 rings (SSSR count). The van der Waals surface area contributed by atoms with Crippen LogP contribution in [0.4, 0.5) is 10.1 Å². The zero-order valence-corrected chi connectivity index (χ0v) is 7.92. The van der Waals surface area contributed by atoms with Crippen LogP contribution in [0.2, 0.25) is 0 Å². The summed E-state index contributed by atoms with van der Waals surface area (Å²) in [5, 5.41) is 2.28. The minimum absolute atomic E-state index is 0.264. The van der Waals surface area contributed by atoms with Crippen molar-refractivity contribution < 1.29 is 9.13 Å². The maximum atomic E-state index is 12.7. The number of nitrogens with two attached hydrogens (primary N) is 1. The minimum Gasteiger partial charge on any atom is -0.429 e. The van der Waals surface area contributed by atoms with Crippen molar-refractivity contribution in [2.75, 3.05) is 5.73 Å². The number of rotatable bonds is 2. The van der Waals surface area contributed by atoms with Crippen molar-refractivity contribution >= 4 is 17.0 Å². The van der Waals surface area contributed by atoms with Gasteiger partial charge in [-0.3, -0.25) is 0 Å². The number of benzene rings is 1. The van der Waals surface area contributed by atoms with E-state index in [1.807, 2.05) is 0 Å². The van der Waals surface area contributed by atoms with E-state index in [1.165, 1.54) is 29.5 Å². The Bertz CT molecular complexity index is 430. The van der Waals surface area contributed by atoms with Crippen molar-refractivity contribution in [3.8, 4) is 10.9 Å². The topological polar surface area (TPSA) is 48.1 Å². The normalized spacial score (nSPS) is 10.1. The third kappa shape index (κ3) is 1.82. The zero-order chi connectivity index (χ0) is 9.97. The van der Waals surface area contributed by atoms with Crippen molar-refractivity contribution in [2.45, 2.75) is 0 Å². The van der Waals surface area contributed by atoms with Crippen LogP contribution in [0, 0.1) is 5.82 Å². The van der Waals surface area contributed by atoms with E-state index in [4.69, 9.17) is 10.5 Å². The summed E-state index contributed by atoms with van der Waals surface area (Å²) in [7, 11) is 0. The fraction of sp³-hybridized carbons (Fsp3) is 0. The summed E-state index contributed by atoms with van der Waals surface area (Å²) in [6.07, 6.45) is 1.62. The maximum Gasteiger partial charge on any atom is 0.278 e. The monoisotopic (exact) mass is 210 g/mol. The summed E-state index contributed by atoms with van der Waals surface area (Å²) in [4.78, 5) is 3.92. The molecule has 2 N–H and O–H groups in total. The lowest BCUT2D eigenvalue weighted by Crippen LogP contribution is -1.92. The van der Waals surface area contributed by atoms with Crippen LogP contribution in [0.15, 0.2) is 29.8 Å². The molecule has 1 aromatic heterocycles. The van der Waals surface area contributed by atoms with Gasteiger partial charge >= 0.3 is 0 Å². The van der Waals surface area contributed by atoms with Gasteiger partial charge in [0.1, 0.15) is 5.82 Å². The van der Waals surface area contributed by atoms with E-state index in [-0.39, 0.29) is 11.5 Å². The molecule has 0 unspecified atom stereocenters. The van der Waals surface area contributed by atoms with Crippen molar-refractivity contribution in [3.05, 3.63) is 35.6 Å². The van der Waals surface area contributed by atoms with Gasteiger partial charge in [0.05, 0.1) is 5.69 Å². The first-order valence-electron chi connectivity index (χ1n) is 3.88. The average Bonchev–Trinajstić information content (AvgIpc) is 2.62. The van der Waals surface area contributed by atoms with E-state index in [0.717, 1.165) is 0 Å². The molecule has 3 nitrogen and oxygen atoms in total. The van der Waals surface area contributed by atoms with Gasteiger partial charge in [-0.05, 0) is 12.1 Å². The summed E-state index contributed by atoms with van der Waals surface area (Å²) in [6, 6.07) is 3.98. The summed E-state index contributed by atoms with van der Waals surface area (Å²) in [6.45, 7) is 0. The Morgan fingerprint density at radius 2 is 2.29 bits per heavy atom. The summed E-state index contributed by atoms with van der Waals surface area (Å²) in [5.41, 5.74) is 5.81. The molecular weight excluding hydrogens is 203 g/mol. The Morgan fingerprint density at radius 1 is 1.43 bits per heavy atom. The Morgan fingerprint density at radius 3 is 2.93 bits per heavy atom. The molecule has 0 bridgehead atoms. The van der Waals surface area contributed by atoms with Gasteiger partial charge in [-0.15, -0.1) is 0 Å². The fourth-order valence-electron chi connectivity index (χ4n) is 0.967. The molecule has 1 heterocycles. The lowest BCUT2D eigenvalue weighted by atomic mass is 10.3. The Balaban J connectivity index is 2.25. The smallest absolute Gasteiger partial charge is 0.278 e. The van der Waals surface area contributed by atoms with Crippen molar-refractivity contribution in [2.24, 2.45) is 0 Å². The van der Waals surface area contributed by atoms with Gasteiger partial charge in [0.15, 0.2) is 5.75 Å². The number of nitrogen functional groups attached to an aromatic ring is 1. The van der Waals surface area contributed by atoms with Crippen LogP contribution in [-0.4, -0.2) is 4.98 Å². The molecule has 0 saturated heterocycles. The molecule has 0 aliphatic heterocycles. The van der Waals surface area contributed by atoms with Gasteiger partial charge in [-0.1, -0.05) is 11.3 Å². The molecule has 0 spiro atoms. The number of hydrogen-bond donors (Lipinski definition) is 1. The van der Waals surface area contributed by atoms with Crippen LogP contribution in [0.1, 0.15) is 0 Å². The zero-order valence-electron chi connectivity index (χ0n) is 7.11. The molecule has 0 aliphatic carbocycles. The summed E-state index contributed by atoms with van der Waals surface area (Å²) < 4.78 is 18.0. The molecule has 0 saturated carbocycles. The second kappa shape index (κ2) is 3.63. The Kier molecular flexibility index (Phi) is 2.32. The summed E-state index contributed by atoms with van der Waals surface area (Å²) in [5.74, 6) is 0.0374. The number of anilines is 1. The van der Waals surface area contributed by atoms with E-state index >= 15 is 0 Å². The fourth-order valence-corrected chi connectivity index (χ4v) is 1.46. The van der Waals surface area contributed by atoms with Crippen LogP contribution < -0.4 is 10.5 Å². The number of nitrogens with zero attached hydrogens (tertiary/aromatic N) is 1. The lowest BCUT2D eigenvalue weighted by molar-refractivity contribution is 0.479. The SMILES string of the molecule is Nc1cc(F)ccc1Oc1nccs1. The van der Waals surface area contributed by atoms with Gasteiger partial charge in [0.25, 0.3) is 5.19 Å². The molecule has 72 valence electrons. The van der Waals surface area contributed by atoms with Gasteiger partial charge in [0.2, 0.25) is 0 Å². The number of ether oxygens (including phenoxy) is 1. The third-order valence-corrected chi connectivity index (χ3v) is 2.23. The van der Waals surface area contributed by atoms with Crippen LogP contribution in [0.25, 0.3) is 0 Å². The van der Waals surface area contributed by atoms with E-state index in [9.17, 15) is 4.39 Å². The lowest BCUT2D eigenvalue weighted by Gasteiger charge is -2.04. The average molecular weight is 210 g/mol. The van der Waals surface area contributed by atoms with Crippen LogP contribution >= 0.6 is 11.3 Å². The molecule has 0 aliphatic rings. The first-order valence-corrected chi connectivity index (χ1v) is 4.76. The molecule has 0 amide bonds. The van der Waals surface area contributed by atoms with Crippen molar-refractivity contribution in [3.63, 3.8) is 0 Å². The van der Waals surface area contributed by atoms with Crippen LogP contribution in [0.5, 0.6) is 10.9 Å². The molecule has 0 radical (unpaired) electrons. The number of aromatic nitrogens is 1. The highest BCUT2D eigenvalue weighted by atomic mass is 32.1. The largest absolute Gasteiger partial charge is 0.429 e. The number of hydrogen-bond acceptors (Lipinski definition) is 4. The molecule has 1 aromatic carbocycles. The van der Waals surface area contributed by atoms with Gasteiger partial charge in [-0.25, -0.2) is 9.37 Å². The van der Waals surface area contributed by atoms with E-state index in [1.54, 1.807) is 11.6 Å². The molecule has 0 fully saturated rings. The molecule has 5 heteroatoms. The van der Waals surface area contributed by atoms with Crippen LogP contribution in [0.3, 0.4) is 0 Å². The highest BCUT2D eigenvalue weighted by Gasteiger charge is 2.04. The standard InChI is InChI=1S/C9H7FN2OS/c10-6-1-2-8(7(11)5-6)13-9-12-3-4-14-9/h1-5H,11H2. The molecular formula is C9H7FN2OS. The first kappa shape index (κ1) is 8.96.